The molecule has 0 aromatic heterocycles. The molecule has 2 aromatic rings. The van der Waals surface area contributed by atoms with Gasteiger partial charge >= 0.3 is 0 Å². The molecule has 1 aliphatic rings. The second-order valence-corrected chi connectivity index (χ2v) is 6.73. The van der Waals surface area contributed by atoms with Crippen LogP contribution in [0.15, 0.2) is 48.5 Å². The number of nitrogens with two attached hydrogens (primary N) is 1. The molecule has 4 nitrogen and oxygen atoms in total. The van der Waals surface area contributed by atoms with Gasteiger partial charge in [-0.3, -0.25) is 4.79 Å². The van der Waals surface area contributed by atoms with Crippen LogP contribution in [0.3, 0.4) is 0 Å². The van der Waals surface area contributed by atoms with E-state index in [1.54, 1.807) is 4.90 Å². The highest BCUT2D eigenvalue weighted by Crippen LogP contribution is 2.40. The number of hydrogen-bond acceptors (Lipinski definition) is 3. The number of fused-ring (bicyclic) bond motifs is 1. The number of nitrogens with zero attached hydrogens (tertiary/aromatic N) is 1. The maximum Gasteiger partial charge on any atom is 0.271 e. The van der Waals surface area contributed by atoms with Crippen LogP contribution in [0.1, 0.15) is 44.4 Å². The highest BCUT2D eigenvalue weighted by molar-refractivity contribution is 6.02. The molecular formula is C20H24N2O2. The number of anilines is 1. The molecule has 2 aromatic carbocycles. The van der Waals surface area contributed by atoms with Gasteiger partial charge in [0, 0.05) is 6.04 Å². The van der Waals surface area contributed by atoms with Crippen molar-refractivity contribution < 1.29 is 9.53 Å². The number of ether oxygens (including phenoxy) is 1. The van der Waals surface area contributed by atoms with Crippen molar-refractivity contribution in [1.82, 2.24) is 0 Å². The molecule has 0 fully saturated rings. The van der Waals surface area contributed by atoms with E-state index in [-0.39, 0.29) is 11.9 Å². The first-order valence-corrected chi connectivity index (χ1v) is 8.37. The smallest absolute Gasteiger partial charge is 0.271 e. The summed E-state index contributed by atoms with van der Waals surface area (Å²) in [5.41, 5.74) is 8.19. The number of rotatable bonds is 4. The van der Waals surface area contributed by atoms with Crippen LogP contribution in [0, 0.1) is 0 Å². The molecule has 2 N–H and O–H groups in total. The molecule has 1 heterocycles. The Bertz CT molecular complexity index is 741. The first-order chi connectivity index (χ1) is 11.4. The monoisotopic (exact) mass is 324 g/mol. The van der Waals surface area contributed by atoms with E-state index < -0.39 is 5.60 Å². The summed E-state index contributed by atoms with van der Waals surface area (Å²) in [4.78, 5) is 14.7. The van der Waals surface area contributed by atoms with Gasteiger partial charge in [-0.1, -0.05) is 43.3 Å². The van der Waals surface area contributed by atoms with Crippen LogP contribution in [0.2, 0.25) is 0 Å². The summed E-state index contributed by atoms with van der Waals surface area (Å²) in [6.45, 7) is 6.19. The fourth-order valence-electron chi connectivity index (χ4n) is 2.97. The predicted molar refractivity (Wildman–Crippen MR) is 96.0 cm³/mol. The summed E-state index contributed by atoms with van der Waals surface area (Å²) >= 11 is 0. The van der Waals surface area contributed by atoms with E-state index in [2.05, 4.69) is 6.92 Å². The largest absolute Gasteiger partial charge is 0.476 e. The Kier molecular flexibility index (Phi) is 4.33. The summed E-state index contributed by atoms with van der Waals surface area (Å²) in [5, 5.41) is 0. The second kappa shape index (κ2) is 6.29. The van der Waals surface area contributed by atoms with Crippen LogP contribution < -0.4 is 15.4 Å². The Hall–Kier alpha value is -2.33. The van der Waals surface area contributed by atoms with E-state index >= 15 is 0 Å². The predicted octanol–water partition coefficient (Wildman–Crippen LogP) is 3.80. The maximum atomic E-state index is 12.9. The highest BCUT2D eigenvalue weighted by Gasteiger charge is 2.41. The summed E-state index contributed by atoms with van der Waals surface area (Å²) in [7, 11) is 0. The summed E-state index contributed by atoms with van der Waals surface area (Å²) in [6.07, 6.45) is 0.845. The Morgan fingerprint density at radius 3 is 2.54 bits per heavy atom. The molecule has 126 valence electrons. The quantitative estimate of drug-likeness (QED) is 0.930. The van der Waals surface area contributed by atoms with Crippen molar-refractivity contribution in [2.45, 2.75) is 45.4 Å². The lowest BCUT2D eigenvalue weighted by Crippen LogP contribution is -2.52. The lowest BCUT2D eigenvalue weighted by atomic mass is 9.99. The Morgan fingerprint density at radius 2 is 1.88 bits per heavy atom. The van der Waals surface area contributed by atoms with Gasteiger partial charge in [0.15, 0.2) is 5.60 Å². The van der Waals surface area contributed by atoms with Crippen molar-refractivity contribution in [3.8, 4) is 5.75 Å². The van der Waals surface area contributed by atoms with E-state index in [9.17, 15) is 4.79 Å². The molecule has 0 saturated carbocycles. The lowest BCUT2D eigenvalue weighted by molar-refractivity contribution is -0.132. The summed E-state index contributed by atoms with van der Waals surface area (Å²) in [6, 6.07) is 15.8. The lowest BCUT2D eigenvalue weighted by Gasteiger charge is -2.39. The molecule has 0 spiro atoms. The third-order valence-electron chi connectivity index (χ3n) is 4.45. The van der Waals surface area contributed by atoms with Gasteiger partial charge in [-0.25, -0.2) is 0 Å². The fourth-order valence-corrected chi connectivity index (χ4v) is 2.97. The molecule has 3 rings (SSSR count). The van der Waals surface area contributed by atoms with E-state index in [1.165, 1.54) is 0 Å². The molecule has 0 saturated heterocycles. The molecule has 1 aliphatic heterocycles. The van der Waals surface area contributed by atoms with Gasteiger partial charge in [-0.05, 0) is 43.5 Å². The third-order valence-corrected chi connectivity index (χ3v) is 4.45. The minimum absolute atomic E-state index is 0.0407. The van der Waals surface area contributed by atoms with E-state index in [4.69, 9.17) is 10.5 Å². The Balaban J connectivity index is 2.04. The highest BCUT2D eigenvalue weighted by atomic mass is 16.5. The zero-order valence-corrected chi connectivity index (χ0v) is 14.5. The first kappa shape index (κ1) is 16.5. The van der Waals surface area contributed by atoms with Crippen LogP contribution >= 0.6 is 0 Å². The average molecular weight is 324 g/mol. The van der Waals surface area contributed by atoms with E-state index in [1.807, 2.05) is 62.4 Å². The molecule has 1 unspecified atom stereocenters. The second-order valence-electron chi connectivity index (χ2n) is 6.73. The van der Waals surface area contributed by atoms with Gasteiger partial charge in [-0.2, -0.15) is 0 Å². The Morgan fingerprint density at radius 1 is 1.17 bits per heavy atom. The maximum absolute atomic E-state index is 12.9. The standard InChI is InChI=1S/C20H24N2O2/c1-4-16(21)15-10-11-18-17(12-15)22(19(23)20(2,3)24-18)13-14-8-6-5-7-9-14/h5-12,16H,4,13,21H2,1-3H3. The van der Waals surface area contributed by atoms with Crippen LogP contribution in [-0.2, 0) is 11.3 Å². The number of carbonyl (C=O) groups excluding carboxylic acids is 1. The number of carbonyl (C=O) groups is 1. The van der Waals surface area contributed by atoms with Gasteiger partial charge in [0.1, 0.15) is 5.75 Å². The SMILES string of the molecule is CCC(N)c1ccc2c(c1)N(Cc1ccccc1)C(=O)C(C)(C)O2. The van der Waals surface area contributed by atoms with Crippen LogP contribution in [0.5, 0.6) is 5.75 Å². The summed E-state index contributed by atoms with van der Waals surface area (Å²) < 4.78 is 5.94. The zero-order chi connectivity index (χ0) is 17.3. The first-order valence-electron chi connectivity index (χ1n) is 8.37. The van der Waals surface area contributed by atoms with Crippen LogP contribution in [0.25, 0.3) is 0 Å². The van der Waals surface area contributed by atoms with Crippen molar-refractivity contribution in [2.24, 2.45) is 5.73 Å². The number of hydrogen-bond donors (Lipinski definition) is 1. The van der Waals surface area contributed by atoms with Crippen molar-refractivity contribution in [2.75, 3.05) is 4.90 Å². The molecular weight excluding hydrogens is 300 g/mol. The molecule has 0 radical (unpaired) electrons. The average Bonchev–Trinajstić information content (AvgIpc) is 2.58. The Labute approximate surface area is 143 Å². The van der Waals surface area contributed by atoms with Gasteiger partial charge in [0.2, 0.25) is 0 Å². The fraction of sp³-hybridized carbons (Fsp3) is 0.350. The van der Waals surface area contributed by atoms with Gasteiger partial charge < -0.3 is 15.4 Å². The zero-order valence-electron chi connectivity index (χ0n) is 14.5. The third kappa shape index (κ3) is 3.02. The molecule has 0 aliphatic carbocycles. The number of benzene rings is 2. The normalized spacial score (nSPS) is 17.2. The minimum atomic E-state index is -0.879. The van der Waals surface area contributed by atoms with Gasteiger partial charge in [0.25, 0.3) is 5.91 Å². The molecule has 1 amide bonds. The molecule has 4 heteroatoms. The molecule has 24 heavy (non-hydrogen) atoms. The molecule has 0 bridgehead atoms. The van der Waals surface area contributed by atoms with Gasteiger partial charge in [-0.15, -0.1) is 0 Å². The topological polar surface area (TPSA) is 55.6 Å². The molecule has 1 atom stereocenters. The van der Waals surface area contributed by atoms with Crippen molar-refractivity contribution >= 4 is 11.6 Å². The van der Waals surface area contributed by atoms with Crippen LogP contribution in [0.4, 0.5) is 5.69 Å². The summed E-state index contributed by atoms with van der Waals surface area (Å²) in [5.74, 6) is 0.684. The van der Waals surface area contributed by atoms with Crippen molar-refractivity contribution in [1.29, 1.82) is 0 Å². The minimum Gasteiger partial charge on any atom is -0.476 e. The number of amides is 1. The van der Waals surface area contributed by atoms with E-state index in [0.717, 1.165) is 29.0 Å². The van der Waals surface area contributed by atoms with E-state index in [0.29, 0.717) is 6.54 Å². The van der Waals surface area contributed by atoms with Crippen LogP contribution in [-0.4, -0.2) is 11.5 Å². The van der Waals surface area contributed by atoms with Gasteiger partial charge in [0.05, 0.1) is 12.2 Å². The van der Waals surface area contributed by atoms with Crippen molar-refractivity contribution in [3.63, 3.8) is 0 Å². The van der Waals surface area contributed by atoms with Crippen molar-refractivity contribution in [3.05, 3.63) is 59.7 Å².